The van der Waals surface area contributed by atoms with Crippen molar-refractivity contribution in [2.45, 2.75) is 63.6 Å². The van der Waals surface area contributed by atoms with Crippen LogP contribution in [0.3, 0.4) is 0 Å². The summed E-state index contributed by atoms with van der Waals surface area (Å²) in [5.74, 6) is -0.182. The van der Waals surface area contributed by atoms with Crippen LogP contribution in [0.5, 0.6) is 0 Å². The zero-order valence-electron chi connectivity index (χ0n) is 13.8. The van der Waals surface area contributed by atoms with Crippen molar-refractivity contribution in [2.75, 3.05) is 11.9 Å². The summed E-state index contributed by atoms with van der Waals surface area (Å²) in [5, 5.41) is 3.76. The fraction of sp³-hybridized carbons (Fsp3) is 0.632. The molecule has 2 atom stereocenters. The molecule has 23 heavy (non-hydrogen) atoms. The van der Waals surface area contributed by atoms with Gasteiger partial charge in [-0.05, 0) is 68.2 Å². The highest BCUT2D eigenvalue weighted by Crippen LogP contribution is 2.56. The van der Waals surface area contributed by atoms with E-state index >= 15 is 0 Å². The number of benzene rings is 1. The lowest BCUT2D eigenvalue weighted by Crippen LogP contribution is -2.53. The number of nitrogens with one attached hydrogen (secondary N) is 1. The minimum Gasteiger partial charge on any atom is -0.382 e. The number of hydrogen-bond acceptors (Lipinski definition) is 3. The van der Waals surface area contributed by atoms with Crippen LogP contribution in [0.25, 0.3) is 0 Å². The molecule has 4 heteroatoms. The van der Waals surface area contributed by atoms with Gasteiger partial charge < -0.3 is 11.1 Å². The van der Waals surface area contributed by atoms with Crippen LogP contribution < -0.4 is 11.1 Å². The van der Waals surface area contributed by atoms with Crippen LogP contribution in [-0.4, -0.2) is 29.4 Å². The van der Waals surface area contributed by atoms with E-state index in [1.54, 1.807) is 0 Å². The molecule has 1 aromatic rings. The second kappa shape index (κ2) is 5.82. The molecule has 2 unspecified atom stereocenters. The fourth-order valence-electron chi connectivity index (χ4n) is 4.68. The Morgan fingerprint density at radius 1 is 1.26 bits per heavy atom. The average Bonchev–Trinajstić information content (AvgIpc) is 2.91. The van der Waals surface area contributed by atoms with E-state index in [-0.39, 0.29) is 11.9 Å². The molecule has 4 rings (SSSR count). The third-order valence-corrected chi connectivity index (χ3v) is 6.37. The van der Waals surface area contributed by atoms with E-state index < -0.39 is 0 Å². The van der Waals surface area contributed by atoms with Crippen molar-refractivity contribution in [3.63, 3.8) is 0 Å². The molecule has 1 aromatic carbocycles. The molecule has 2 aliphatic carbocycles. The highest BCUT2D eigenvalue weighted by atomic mass is 16.1. The first kappa shape index (κ1) is 15.0. The number of primary amides is 1. The van der Waals surface area contributed by atoms with Crippen molar-refractivity contribution in [1.82, 2.24) is 4.90 Å². The van der Waals surface area contributed by atoms with Gasteiger partial charge in [0.05, 0.1) is 6.04 Å². The molecule has 124 valence electrons. The number of likely N-dealkylation sites (tertiary alicyclic amines) is 1. The van der Waals surface area contributed by atoms with Crippen LogP contribution in [0.4, 0.5) is 5.69 Å². The molecule has 1 aliphatic heterocycles. The second-order valence-electron chi connectivity index (χ2n) is 7.68. The Bertz CT molecular complexity index is 591. The molecule has 4 nitrogen and oxygen atoms in total. The molecule has 3 aliphatic rings. The third kappa shape index (κ3) is 2.74. The number of rotatable bonds is 5. The van der Waals surface area contributed by atoms with Gasteiger partial charge in [-0.2, -0.15) is 0 Å². The smallest absolute Gasteiger partial charge is 0.234 e. The van der Waals surface area contributed by atoms with Crippen LogP contribution in [0.2, 0.25) is 0 Å². The highest BCUT2D eigenvalue weighted by Gasteiger charge is 2.50. The molecule has 1 saturated heterocycles. The van der Waals surface area contributed by atoms with E-state index in [4.69, 9.17) is 5.73 Å². The van der Waals surface area contributed by atoms with Gasteiger partial charge in [-0.25, -0.2) is 0 Å². The molecular formula is C19H27N3O. The lowest BCUT2D eigenvalue weighted by molar-refractivity contribution is -0.122. The Morgan fingerprint density at radius 3 is 2.78 bits per heavy atom. The quantitative estimate of drug-likeness (QED) is 0.879. The van der Waals surface area contributed by atoms with Crippen molar-refractivity contribution in [3.8, 4) is 0 Å². The van der Waals surface area contributed by atoms with Crippen LogP contribution >= 0.6 is 0 Å². The summed E-state index contributed by atoms with van der Waals surface area (Å²) >= 11 is 0. The Hall–Kier alpha value is -1.55. The monoisotopic (exact) mass is 313 g/mol. The topological polar surface area (TPSA) is 58.4 Å². The minimum atomic E-state index is -0.182. The Kier molecular flexibility index (Phi) is 3.80. The van der Waals surface area contributed by atoms with Crippen molar-refractivity contribution < 1.29 is 4.79 Å². The maximum Gasteiger partial charge on any atom is 0.234 e. The summed E-state index contributed by atoms with van der Waals surface area (Å²) in [5.41, 5.74) is 8.63. The number of carbonyl (C=O) groups excluding carboxylic acids is 1. The third-order valence-electron chi connectivity index (χ3n) is 6.37. The SMILES string of the molecule is NC(=O)C1CCCN1Cc1cccc(NC2CCC23CCC3)c1. The molecule has 0 bridgehead atoms. The molecule has 2 saturated carbocycles. The number of anilines is 1. The molecular weight excluding hydrogens is 286 g/mol. The van der Waals surface area contributed by atoms with E-state index in [2.05, 4.69) is 34.5 Å². The molecule has 3 fully saturated rings. The maximum absolute atomic E-state index is 11.5. The van der Waals surface area contributed by atoms with Crippen molar-refractivity contribution in [3.05, 3.63) is 29.8 Å². The number of hydrogen-bond donors (Lipinski definition) is 2. The maximum atomic E-state index is 11.5. The van der Waals surface area contributed by atoms with Crippen LogP contribution in [0.15, 0.2) is 24.3 Å². The van der Waals surface area contributed by atoms with Gasteiger partial charge in [0.2, 0.25) is 5.91 Å². The summed E-state index contributed by atoms with van der Waals surface area (Å²) in [7, 11) is 0. The second-order valence-corrected chi connectivity index (χ2v) is 7.68. The Balaban J connectivity index is 1.41. The summed E-state index contributed by atoms with van der Waals surface area (Å²) in [4.78, 5) is 13.8. The standard InChI is InChI=1S/C19H27N3O/c20-18(23)16-6-2-11-22(16)13-14-4-1-5-15(12-14)21-17-7-10-19(17)8-3-9-19/h1,4-5,12,16-17,21H,2-3,6-11,13H2,(H2,20,23). The van der Waals surface area contributed by atoms with E-state index in [1.165, 1.54) is 43.4 Å². The normalized spacial score (nSPS) is 29.0. The first-order valence-corrected chi connectivity index (χ1v) is 9.05. The summed E-state index contributed by atoms with van der Waals surface area (Å²) in [6, 6.07) is 9.28. The zero-order chi connectivity index (χ0) is 15.9. The number of nitrogens with two attached hydrogens (primary N) is 1. The van der Waals surface area contributed by atoms with E-state index in [9.17, 15) is 4.79 Å². The van der Waals surface area contributed by atoms with Crippen LogP contribution in [0, 0.1) is 5.41 Å². The summed E-state index contributed by atoms with van der Waals surface area (Å²) in [6.45, 7) is 1.79. The van der Waals surface area contributed by atoms with Gasteiger partial charge in [0.25, 0.3) is 0 Å². The van der Waals surface area contributed by atoms with Gasteiger partial charge in [-0.1, -0.05) is 18.6 Å². The van der Waals surface area contributed by atoms with E-state index in [0.717, 1.165) is 25.9 Å². The first-order valence-electron chi connectivity index (χ1n) is 9.05. The van der Waals surface area contributed by atoms with Gasteiger partial charge in [0.1, 0.15) is 0 Å². The zero-order valence-corrected chi connectivity index (χ0v) is 13.8. The van der Waals surface area contributed by atoms with Crippen molar-refractivity contribution in [2.24, 2.45) is 11.1 Å². The molecule has 0 aromatic heterocycles. The lowest BCUT2D eigenvalue weighted by atomic mass is 9.53. The largest absolute Gasteiger partial charge is 0.382 e. The Morgan fingerprint density at radius 2 is 2.13 bits per heavy atom. The predicted octanol–water partition coefficient (Wildman–Crippen LogP) is 2.88. The fourth-order valence-corrected chi connectivity index (χ4v) is 4.68. The van der Waals surface area contributed by atoms with Crippen molar-refractivity contribution in [1.29, 1.82) is 0 Å². The predicted molar refractivity (Wildman–Crippen MR) is 92.0 cm³/mol. The van der Waals surface area contributed by atoms with Crippen LogP contribution in [0.1, 0.15) is 50.5 Å². The van der Waals surface area contributed by atoms with E-state index in [0.29, 0.717) is 11.5 Å². The summed E-state index contributed by atoms with van der Waals surface area (Å²) < 4.78 is 0. The lowest BCUT2D eigenvalue weighted by Gasteiger charge is -2.56. The van der Waals surface area contributed by atoms with Crippen LogP contribution in [-0.2, 0) is 11.3 Å². The Labute approximate surface area is 138 Å². The number of nitrogens with zero attached hydrogens (tertiary/aromatic N) is 1. The van der Waals surface area contributed by atoms with Gasteiger partial charge in [-0.3, -0.25) is 9.69 Å². The van der Waals surface area contributed by atoms with Crippen molar-refractivity contribution >= 4 is 11.6 Å². The van der Waals surface area contributed by atoms with E-state index in [1.807, 2.05) is 0 Å². The molecule has 1 amide bonds. The number of carbonyl (C=O) groups is 1. The minimum absolute atomic E-state index is 0.0866. The highest BCUT2D eigenvalue weighted by molar-refractivity contribution is 5.80. The van der Waals surface area contributed by atoms with Gasteiger partial charge >= 0.3 is 0 Å². The van der Waals surface area contributed by atoms with Gasteiger partial charge in [0.15, 0.2) is 0 Å². The first-order chi connectivity index (χ1) is 11.2. The molecule has 0 radical (unpaired) electrons. The van der Waals surface area contributed by atoms with Gasteiger partial charge in [-0.15, -0.1) is 0 Å². The number of amides is 1. The molecule has 1 heterocycles. The summed E-state index contributed by atoms with van der Waals surface area (Å²) in [6.07, 6.45) is 8.88. The molecule has 1 spiro atoms. The van der Waals surface area contributed by atoms with Gasteiger partial charge in [0, 0.05) is 18.3 Å². The average molecular weight is 313 g/mol. The molecule has 3 N–H and O–H groups in total.